The molecule has 0 aromatic heterocycles. The molecular weight excluding hydrogens is 144 g/mol. The minimum atomic E-state index is 0.595. The quantitative estimate of drug-likeness (QED) is 0.478. The minimum Gasteiger partial charge on any atom is -0.0990 e. The van der Waals surface area contributed by atoms with Gasteiger partial charge in [-0.25, -0.2) is 0 Å². The molecule has 0 aliphatic heterocycles. The van der Waals surface area contributed by atoms with Crippen molar-refractivity contribution in [2.24, 2.45) is 17.8 Å². The van der Waals surface area contributed by atoms with E-state index in [4.69, 9.17) is 0 Å². The Morgan fingerprint density at radius 3 is 1.83 bits per heavy atom. The molecule has 0 spiro atoms. The lowest BCUT2D eigenvalue weighted by Crippen LogP contribution is -2.14. The summed E-state index contributed by atoms with van der Waals surface area (Å²) < 4.78 is 0. The Bertz CT molecular complexity index is 200. The van der Waals surface area contributed by atoms with Crippen LogP contribution >= 0.6 is 0 Å². The maximum absolute atomic E-state index is 4.21. The molecule has 2 atom stereocenters. The lowest BCUT2D eigenvalue weighted by atomic mass is 9.79. The number of fused-ring (bicyclic) bond motifs is 1. The third kappa shape index (κ3) is 0.972. The van der Waals surface area contributed by atoms with E-state index < -0.39 is 0 Å². The first kappa shape index (κ1) is 8.10. The number of rotatable bonds is 0. The molecule has 0 nitrogen and oxygen atoms in total. The molecular formula is C12H18. The summed E-state index contributed by atoms with van der Waals surface area (Å²) in [7, 11) is 0. The SMILES string of the molecule is C=C1C(C)C(=C)C2CCCCC12. The summed E-state index contributed by atoms with van der Waals surface area (Å²) in [5.41, 5.74) is 2.93. The van der Waals surface area contributed by atoms with Gasteiger partial charge in [0.1, 0.15) is 0 Å². The van der Waals surface area contributed by atoms with E-state index in [0.717, 1.165) is 11.8 Å². The van der Waals surface area contributed by atoms with Crippen molar-refractivity contribution in [3.05, 3.63) is 24.3 Å². The molecule has 0 bridgehead atoms. The average molecular weight is 162 g/mol. The second-order valence-corrected chi connectivity index (χ2v) is 4.37. The summed E-state index contributed by atoms with van der Waals surface area (Å²) >= 11 is 0. The van der Waals surface area contributed by atoms with Gasteiger partial charge in [-0.05, 0) is 30.6 Å². The zero-order valence-electron chi connectivity index (χ0n) is 7.97. The van der Waals surface area contributed by atoms with Crippen molar-refractivity contribution in [1.29, 1.82) is 0 Å². The predicted octanol–water partition coefficient (Wildman–Crippen LogP) is 3.55. The second kappa shape index (κ2) is 2.76. The highest BCUT2D eigenvalue weighted by Gasteiger charge is 2.39. The molecule has 66 valence electrons. The van der Waals surface area contributed by atoms with E-state index in [-0.39, 0.29) is 0 Å². The smallest absolute Gasteiger partial charge is 0.00208 e. The summed E-state index contributed by atoms with van der Waals surface area (Å²) in [6.07, 6.45) is 5.54. The van der Waals surface area contributed by atoms with Gasteiger partial charge in [0.15, 0.2) is 0 Å². The van der Waals surface area contributed by atoms with Crippen LogP contribution in [0.1, 0.15) is 32.6 Å². The van der Waals surface area contributed by atoms with Gasteiger partial charge in [-0.3, -0.25) is 0 Å². The molecule has 0 saturated heterocycles. The van der Waals surface area contributed by atoms with Crippen molar-refractivity contribution >= 4 is 0 Å². The van der Waals surface area contributed by atoms with Gasteiger partial charge in [0.05, 0.1) is 0 Å². The molecule has 0 aromatic carbocycles. The zero-order chi connectivity index (χ0) is 8.72. The van der Waals surface area contributed by atoms with E-state index in [0.29, 0.717) is 5.92 Å². The standard InChI is InChI=1S/C12H18/c1-8-9(2)11-6-4-5-7-12(11)10(8)3/h8,11-12H,2-7H2,1H3. The fourth-order valence-electron chi connectivity index (χ4n) is 2.90. The van der Waals surface area contributed by atoms with Crippen LogP contribution in [-0.4, -0.2) is 0 Å². The van der Waals surface area contributed by atoms with Gasteiger partial charge in [0, 0.05) is 0 Å². The van der Waals surface area contributed by atoms with Gasteiger partial charge < -0.3 is 0 Å². The molecule has 2 fully saturated rings. The molecule has 0 heteroatoms. The molecule has 12 heavy (non-hydrogen) atoms. The van der Waals surface area contributed by atoms with E-state index in [1.54, 1.807) is 0 Å². The fraction of sp³-hybridized carbons (Fsp3) is 0.667. The predicted molar refractivity (Wildman–Crippen MR) is 52.9 cm³/mol. The second-order valence-electron chi connectivity index (χ2n) is 4.37. The third-order valence-corrected chi connectivity index (χ3v) is 3.83. The molecule has 0 amide bonds. The largest absolute Gasteiger partial charge is 0.0990 e. The highest BCUT2D eigenvalue weighted by atomic mass is 14.4. The van der Waals surface area contributed by atoms with Crippen molar-refractivity contribution < 1.29 is 0 Å². The van der Waals surface area contributed by atoms with Crippen LogP contribution < -0.4 is 0 Å². The third-order valence-electron chi connectivity index (χ3n) is 3.83. The zero-order valence-corrected chi connectivity index (χ0v) is 7.97. The Balaban J connectivity index is 2.25. The molecule has 0 aromatic rings. The van der Waals surface area contributed by atoms with E-state index in [9.17, 15) is 0 Å². The Hall–Kier alpha value is -0.520. The molecule has 2 unspecified atom stereocenters. The number of allylic oxidation sites excluding steroid dienone is 2. The van der Waals surface area contributed by atoms with Gasteiger partial charge in [-0.15, -0.1) is 0 Å². The highest BCUT2D eigenvalue weighted by Crippen LogP contribution is 2.50. The van der Waals surface area contributed by atoms with Crippen LogP contribution in [0, 0.1) is 17.8 Å². The molecule has 2 rings (SSSR count). The molecule has 2 aliphatic carbocycles. The first-order chi connectivity index (χ1) is 5.72. The van der Waals surface area contributed by atoms with Crippen molar-refractivity contribution in [2.75, 3.05) is 0 Å². The fourth-order valence-corrected chi connectivity index (χ4v) is 2.90. The lowest BCUT2D eigenvalue weighted by Gasteiger charge is -2.25. The van der Waals surface area contributed by atoms with E-state index in [1.807, 2.05) is 0 Å². The Kier molecular flexibility index (Phi) is 1.86. The summed E-state index contributed by atoms with van der Waals surface area (Å²) in [6.45, 7) is 10.7. The van der Waals surface area contributed by atoms with Gasteiger partial charge in [0.2, 0.25) is 0 Å². The van der Waals surface area contributed by atoms with E-state index in [1.165, 1.54) is 36.8 Å². The number of hydrogen-bond acceptors (Lipinski definition) is 0. The minimum absolute atomic E-state index is 0.595. The Morgan fingerprint density at radius 2 is 1.42 bits per heavy atom. The van der Waals surface area contributed by atoms with Crippen LogP contribution in [0.5, 0.6) is 0 Å². The Morgan fingerprint density at radius 1 is 1.00 bits per heavy atom. The molecule has 2 aliphatic rings. The maximum Gasteiger partial charge on any atom is -0.00208 e. The molecule has 0 N–H and O–H groups in total. The molecule has 2 saturated carbocycles. The lowest BCUT2D eigenvalue weighted by molar-refractivity contribution is 0.338. The first-order valence-electron chi connectivity index (χ1n) is 5.09. The van der Waals surface area contributed by atoms with Gasteiger partial charge in [-0.2, -0.15) is 0 Å². The first-order valence-corrected chi connectivity index (χ1v) is 5.09. The van der Waals surface area contributed by atoms with Crippen molar-refractivity contribution in [2.45, 2.75) is 32.6 Å². The normalized spacial score (nSPS) is 41.6. The van der Waals surface area contributed by atoms with Crippen molar-refractivity contribution in [3.8, 4) is 0 Å². The molecule has 0 heterocycles. The van der Waals surface area contributed by atoms with Crippen LogP contribution in [0.2, 0.25) is 0 Å². The van der Waals surface area contributed by atoms with Crippen molar-refractivity contribution in [3.63, 3.8) is 0 Å². The summed E-state index contributed by atoms with van der Waals surface area (Å²) in [4.78, 5) is 0. The monoisotopic (exact) mass is 162 g/mol. The Labute approximate surface area is 75.4 Å². The topological polar surface area (TPSA) is 0 Å². The number of hydrogen-bond donors (Lipinski definition) is 0. The van der Waals surface area contributed by atoms with Crippen LogP contribution in [0.15, 0.2) is 24.3 Å². The van der Waals surface area contributed by atoms with E-state index >= 15 is 0 Å². The summed E-state index contributed by atoms with van der Waals surface area (Å²) in [5, 5.41) is 0. The van der Waals surface area contributed by atoms with Crippen molar-refractivity contribution in [1.82, 2.24) is 0 Å². The summed E-state index contributed by atoms with van der Waals surface area (Å²) in [5.74, 6) is 2.18. The average Bonchev–Trinajstić information content (AvgIpc) is 2.33. The van der Waals surface area contributed by atoms with E-state index in [2.05, 4.69) is 20.1 Å². The molecule has 0 radical (unpaired) electrons. The van der Waals surface area contributed by atoms with Crippen LogP contribution in [0.25, 0.3) is 0 Å². The van der Waals surface area contributed by atoms with Crippen LogP contribution in [0.3, 0.4) is 0 Å². The van der Waals surface area contributed by atoms with Crippen LogP contribution in [-0.2, 0) is 0 Å². The highest BCUT2D eigenvalue weighted by molar-refractivity contribution is 5.30. The van der Waals surface area contributed by atoms with Gasteiger partial charge >= 0.3 is 0 Å². The van der Waals surface area contributed by atoms with Crippen LogP contribution in [0.4, 0.5) is 0 Å². The van der Waals surface area contributed by atoms with Gasteiger partial charge in [0.25, 0.3) is 0 Å². The maximum atomic E-state index is 4.21. The van der Waals surface area contributed by atoms with Gasteiger partial charge in [-0.1, -0.05) is 44.1 Å². The summed E-state index contributed by atoms with van der Waals surface area (Å²) in [6, 6.07) is 0.